The van der Waals surface area contributed by atoms with Crippen molar-refractivity contribution in [1.82, 2.24) is 0 Å². The van der Waals surface area contributed by atoms with Gasteiger partial charge in [0.15, 0.2) is 0 Å². The Balaban J connectivity index is 2.35. The molecule has 1 fully saturated rings. The van der Waals surface area contributed by atoms with E-state index in [0.29, 0.717) is 12.2 Å². The quantitative estimate of drug-likeness (QED) is 0.666. The highest BCUT2D eigenvalue weighted by atomic mass is 35.7. The van der Waals surface area contributed by atoms with Gasteiger partial charge in [0.05, 0.1) is 20.3 Å². The average Bonchev–Trinajstić information content (AvgIpc) is 2.68. The third kappa shape index (κ3) is 2.32. The fraction of sp³-hybridized carbons (Fsp3) is 0.300. The first-order valence-electron chi connectivity index (χ1n) is 5.09. The Morgan fingerprint density at radius 3 is 2.83 bits per heavy atom. The number of nitrogens with zero attached hydrogens (tertiary/aromatic N) is 1. The van der Waals surface area contributed by atoms with Crippen LogP contribution in [0.4, 0.5) is 5.69 Å². The molecule has 1 saturated heterocycles. The number of aromatic hydroxyl groups is 1. The van der Waals surface area contributed by atoms with Crippen LogP contribution in [0, 0.1) is 0 Å². The van der Waals surface area contributed by atoms with Gasteiger partial charge in [-0.1, -0.05) is 0 Å². The van der Waals surface area contributed by atoms with Gasteiger partial charge in [0.25, 0.3) is 0 Å². The Kier molecular flexibility index (Phi) is 3.52. The van der Waals surface area contributed by atoms with Crippen molar-refractivity contribution in [2.75, 3.05) is 24.9 Å². The molecule has 1 N–H and O–H groups in total. The third-order valence-electron chi connectivity index (χ3n) is 2.53. The molecular weight excluding hydrogens is 281 g/mol. The molecule has 0 spiro atoms. The van der Waals surface area contributed by atoms with Crippen molar-refractivity contribution >= 4 is 29.8 Å². The number of anilines is 1. The summed E-state index contributed by atoms with van der Waals surface area (Å²) in [6.07, 6.45) is 0. The van der Waals surface area contributed by atoms with Gasteiger partial charge in [0.1, 0.15) is 11.3 Å². The molecule has 1 aliphatic rings. The number of hydrogen-bond acceptors (Lipinski definition) is 5. The summed E-state index contributed by atoms with van der Waals surface area (Å²) < 4.78 is 22.6. The van der Waals surface area contributed by atoms with E-state index in [1.165, 1.54) is 30.0 Å². The van der Waals surface area contributed by atoms with E-state index in [1.54, 1.807) is 0 Å². The van der Waals surface area contributed by atoms with Gasteiger partial charge in [-0.25, -0.2) is 9.36 Å². The van der Waals surface area contributed by atoms with Gasteiger partial charge < -0.3 is 14.4 Å². The van der Waals surface area contributed by atoms with Gasteiger partial charge >= 0.3 is 12.8 Å². The summed E-state index contributed by atoms with van der Waals surface area (Å²) >= 11 is 5.74. The lowest BCUT2D eigenvalue weighted by Crippen LogP contribution is -2.13. The van der Waals surface area contributed by atoms with Gasteiger partial charge in [-0.15, -0.1) is 0 Å². The van der Waals surface area contributed by atoms with E-state index < -0.39 is 12.8 Å². The summed E-state index contributed by atoms with van der Waals surface area (Å²) in [6, 6.07) is 4.21. The maximum atomic E-state index is 11.8. The van der Waals surface area contributed by atoms with Gasteiger partial charge in [0, 0.05) is 11.8 Å². The normalized spacial score (nSPS) is 23.1. The van der Waals surface area contributed by atoms with Crippen LogP contribution in [0.1, 0.15) is 10.4 Å². The molecule has 1 atom stereocenters. The van der Waals surface area contributed by atoms with Gasteiger partial charge in [-0.05, 0) is 23.4 Å². The van der Waals surface area contributed by atoms with Gasteiger partial charge in [-0.2, -0.15) is 0 Å². The summed E-state index contributed by atoms with van der Waals surface area (Å²) in [4.78, 5) is 11.3. The summed E-state index contributed by atoms with van der Waals surface area (Å²) in [5.41, 5.74) is 0.460. The van der Waals surface area contributed by atoms with Crippen LogP contribution >= 0.6 is 18.1 Å². The molecule has 2 rings (SSSR count). The Morgan fingerprint density at radius 2 is 2.33 bits per heavy atom. The molecule has 1 aliphatic heterocycles. The topological polar surface area (TPSA) is 76.1 Å². The molecule has 0 bridgehead atoms. The maximum absolute atomic E-state index is 11.8. The van der Waals surface area contributed by atoms with Crippen LogP contribution in [0.25, 0.3) is 0 Å². The van der Waals surface area contributed by atoms with Crippen LogP contribution in [0.3, 0.4) is 0 Å². The van der Waals surface area contributed by atoms with Crippen LogP contribution in [0.2, 0.25) is 0 Å². The number of ether oxygens (including phenoxy) is 1. The summed E-state index contributed by atoms with van der Waals surface area (Å²) in [7, 11) is 1.22. The molecule has 1 aromatic rings. The number of carbonyl (C=O) groups excluding carboxylic acids is 1. The lowest BCUT2D eigenvalue weighted by Gasteiger charge is -2.19. The molecule has 1 aromatic carbocycles. The molecule has 0 radical (unpaired) electrons. The van der Waals surface area contributed by atoms with Crippen molar-refractivity contribution in [3.8, 4) is 5.75 Å². The number of rotatable bonds is 2. The van der Waals surface area contributed by atoms with Crippen LogP contribution in [0.5, 0.6) is 5.75 Å². The molecule has 1 heterocycles. The second kappa shape index (κ2) is 4.80. The smallest absolute Gasteiger partial charge is 0.388 e. The Bertz CT molecular complexity index is 535. The molecule has 0 aromatic heterocycles. The maximum Gasteiger partial charge on any atom is 0.388 e. The summed E-state index contributed by atoms with van der Waals surface area (Å²) in [6.45, 7) is -2.75. The van der Waals surface area contributed by atoms with E-state index in [9.17, 15) is 14.5 Å². The monoisotopic (exact) mass is 291 g/mol. The minimum Gasteiger partial charge on any atom is -0.507 e. The van der Waals surface area contributed by atoms with E-state index in [-0.39, 0.29) is 17.9 Å². The largest absolute Gasteiger partial charge is 0.507 e. The fourth-order valence-corrected chi connectivity index (χ4v) is 3.52. The number of phenols is 1. The summed E-state index contributed by atoms with van der Waals surface area (Å²) in [5.74, 6) is -0.909. The van der Waals surface area contributed by atoms with Crippen molar-refractivity contribution in [3.05, 3.63) is 23.8 Å². The number of esters is 1. The van der Waals surface area contributed by atoms with Gasteiger partial charge in [0.2, 0.25) is 0 Å². The number of carbonyl (C=O) groups is 1. The Hall–Kier alpha value is -1.23. The molecule has 0 aliphatic carbocycles. The first kappa shape index (κ1) is 13.2. The molecule has 0 unspecified atom stereocenters. The molecule has 0 saturated carbocycles. The predicted molar refractivity (Wildman–Crippen MR) is 66.2 cm³/mol. The standard InChI is InChI=1S/C10H11ClNO5P/c1-16-10(14)8-3-2-7(6-9(8)13)12-4-5-17-18(12,11)15/h2-3,6,13H,4-5H2,1H3/t18-/m0/s1. The van der Waals surface area contributed by atoms with E-state index in [1.807, 2.05) is 0 Å². The van der Waals surface area contributed by atoms with Gasteiger partial charge in [-0.3, -0.25) is 4.67 Å². The van der Waals surface area contributed by atoms with E-state index in [4.69, 9.17) is 15.8 Å². The van der Waals surface area contributed by atoms with Crippen LogP contribution in [-0.2, 0) is 13.8 Å². The predicted octanol–water partition coefficient (Wildman–Crippen LogP) is 2.36. The molecule has 8 heteroatoms. The molecule has 18 heavy (non-hydrogen) atoms. The SMILES string of the molecule is COC(=O)c1ccc(N2CCO[P@@]2(=O)Cl)cc1O. The van der Waals surface area contributed by atoms with Crippen molar-refractivity contribution in [2.24, 2.45) is 0 Å². The minimum absolute atomic E-state index is 0.0331. The highest BCUT2D eigenvalue weighted by molar-refractivity contribution is 7.86. The summed E-state index contributed by atoms with van der Waals surface area (Å²) in [5, 5.41) is 9.72. The first-order chi connectivity index (χ1) is 8.45. The Morgan fingerprint density at radius 1 is 1.61 bits per heavy atom. The Labute approximate surface area is 108 Å². The second-order valence-corrected chi connectivity index (χ2v) is 6.53. The lowest BCUT2D eigenvalue weighted by molar-refractivity contribution is 0.0597. The van der Waals surface area contributed by atoms with E-state index >= 15 is 0 Å². The number of methoxy groups -OCH3 is 1. The van der Waals surface area contributed by atoms with Crippen LogP contribution in [-0.4, -0.2) is 31.3 Å². The number of benzene rings is 1. The second-order valence-electron chi connectivity index (χ2n) is 3.60. The average molecular weight is 292 g/mol. The zero-order chi connectivity index (χ0) is 13.3. The van der Waals surface area contributed by atoms with Crippen molar-refractivity contribution < 1.29 is 23.7 Å². The van der Waals surface area contributed by atoms with Crippen molar-refractivity contribution in [2.45, 2.75) is 0 Å². The lowest BCUT2D eigenvalue weighted by atomic mass is 10.2. The zero-order valence-electron chi connectivity index (χ0n) is 9.50. The zero-order valence-corrected chi connectivity index (χ0v) is 11.1. The highest BCUT2D eigenvalue weighted by Gasteiger charge is 2.35. The van der Waals surface area contributed by atoms with Crippen molar-refractivity contribution in [1.29, 1.82) is 0 Å². The van der Waals surface area contributed by atoms with Crippen molar-refractivity contribution in [3.63, 3.8) is 0 Å². The van der Waals surface area contributed by atoms with E-state index in [0.717, 1.165) is 0 Å². The van der Waals surface area contributed by atoms with E-state index in [2.05, 4.69) is 4.74 Å². The van der Waals surface area contributed by atoms with Crippen LogP contribution < -0.4 is 4.67 Å². The minimum atomic E-state index is -3.36. The number of halogens is 1. The molecular formula is C10H11ClNO5P. The molecule has 0 amide bonds. The van der Waals surface area contributed by atoms with Crippen LogP contribution in [0.15, 0.2) is 18.2 Å². The highest BCUT2D eigenvalue weighted by Crippen LogP contribution is 2.60. The number of hydrogen-bond donors (Lipinski definition) is 1. The fourth-order valence-electron chi connectivity index (χ4n) is 1.66. The number of phenolic OH excluding ortho intramolecular Hbond substituents is 1. The third-order valence-corrected chi connectivity index (χ3v) is 4.88. The molecule has 6 nitrogen and oxygen atoms in total. The molecule has 98 valence electrons. The first-order valence-corrected chi connectivity index (χ1v) is 7.57.